The Balaban J connectivity index is 2.66. The van der Waals surface area contributed by atoms with Crippen LogP contribution in [0.3, 0.4) is 0 Å². The Morgan fingerprint density at radius 1 is 1.54 bits per heavy atom. The van der Waals surface area contributed by atoms with Gasteiger partial charge in [0.15, 0.2) is 0 Å². The molecule has 3 heteroatoms. The number of aliphatic hydroxyl groups excluding tert-OH is 1. The second-order valence-electron chi connectivity index (χ2n) is 4.15. The first kappa shape index (κ1) is 11.1. The molecule has 0 radical (unpaired) electrons. The van der Waals surface area contributed by atoms with Gasteiger partial charge in [0.2, 0.25) is 0 Å². The molecule has 2 unspecified atom stereocenters. The van der Waals surface area contributed by atoms with Crippen LogP contribution in [0, 0.1) is 5.92 Å². The lowest BCUT2D eigenvalue weighted by molar-refractivity contribution is -0.00410. The molecule has 2 nitrogen and oxygen atoms in total. The molecule has 1 aliphatic rings. The highest BCUT2D eigenvalue weighted by atomic mass is 32.2. The Bertz CT molecular complexity index is 205. The van der Waals surface area contributed by atoms with Gasteiger partial charge >= 0.3 is 0 Å². The summed E-state index contributed by atoms with van der Waals surface area (Å²) in [5.74, 6) is 0.179. The monoisotopic (exact) mass is 202 g/mol. The topological polar surface area (TPSA) is 40.5 Å². The van der Waals surface area contributed by atoms with Crippen LogP contribution in [0.1, 0.15) is 26.7 Å². The highest BCUT2D eigenvalue weighted by Gasteiger charge is 2.31. The van der Waals surface area contributed by atoms with E-state index in [0.29, 0.717) is 6.42 Å². The lowest BCUT2D eigenvalue weighted by Gasteiger charge is -2.34. The Kier molecular flexibility index (Phi) is 3.44. The highest BCUT2D eigenvalue weighted by molar-refractivity contribution is 8.02. The summed E-state index contributed by atoms with van der Waals surface area (Å²) >= 11 is 1.60. The molecular weight excluding hydrogens is 184 g/mol. The zero-order valence-electron chi connectivity index (χ0n) is 8.45. The van der Waals surface area contributed by atoms with Gasteiger partial charge in [-0.05, 0) is 38.9 Å². The van der Waals surface area contributed by atoms with Gasteiger partial charge in [-0.3, -0.25) is 0 Å². The predicted octanol–water partition coefficient (Wildman–Crippen LogP) is 1.78. The van der Waals surface area contributed by atoms with Gasteiger partial charge in [0, 0.05) is 4.91 Å². The Labute approximate surface area is 84.0 Å². The van der Waals surface area contributed by atoms with Gasteiger partial charge < -0.3 is 10.2 Å². The third-order valence-electron chi connectivity index (χ3n) is 2.67. The minimum Gasteiger partial charge on any atom is -0.390 e. The molecule has 13 heavy (non-hydrogen) atoms. The zero-order valence-corrected chi connectivity index (χ0v) is 9.27. The van der Waals surface area contributed by atoms with Crippen molar-refractivity contribution in [1.29, 1.82) is 0 Å². The van der Waals surface area contributed by atoms with E-state index in [1.807, 2.05) is 26.2 Å². The molecule has 0 spiro atoms. The van der Waals surface area contributed by atoms with Crippen molar-refractivity contribution in [3.05, 3.63) is 11.0 Å². The lowest BCUT2D eigenvalue weighted by Crippen LogP contribution is -2.35. The van der Waals surface area contributed by atoms with E-state index in [-0.39, 0.29) is 12.0 Å². The number of hydrogen-bond donors (Lipinski definition) is 2. The van der Waals surface area contributed by atoms with Crippen molar-refractivity contribution in [1.82, 2.24) is 0 Å². The first-order valence-electron chi connectivity index (χ1n) is 4.59. The summed E-state index contributed by atoms with van der Waals surface area (Å²) in [6.07, 6.45) is 5.19. The second kappa shape index (κ2) is 4.03. The molecule has 2 atom stereocenters. The van der Waals surface area contributed by atoms with Crippen molar-refractivity contribution >= 4 is 11.8 Å². The maximum atomic E-state index is 9.77. The SMILES string of the molecule is CSC1=CCC(C(C)(C)O)CC1O. The van der Waals surface area contributed by atoms with E-state index in [9.17, 15) is 10.2 Å². The minimum atomic E-state index is -0.679. The summed E-state index contributed by atoms with van der Waals surface area (Å²) in [5.41, 5.74) is -0.679. The molecule has 0 aromatic heterocycles. The third-order valence-corrected chi connectivity index (χ3v) is 3.58. The molecule has 1 aliphatic carbocycles. The van der Waals surface area contributed by atoms with Gasteiger partial charge in [-0.25, -0.2) is 0 Å². The second-order valence-corrected chi connectivity index (χ2v) is 5.03. The first-order chi connectivity index (χ1) is 5.95. The maximum absolute atomic E-state index is 9.77. The molecule has 76 valence electrons. The average molecular weight is 202 g/mol. The normalized spacial score (nSPS) is 30.1. The van der Waals surface area contributed by atoms with Crippen LogP contribution in [0.4, 0.5) is 0 Å². The fourth-order valence-electron chi connectivity index (χ4n) is 1.67. The van der Waals surface area contributed by atoms with E-state index < -0.39 is 5.60 Å². The molecule has 0 aromatic carbocycles. The molecule has 0 fully saturated rings. The summed E-state index contributed by atoms with van der Waals surface area (Å²) in [6.45, 7) is 3.62. The largest absolute Gasteiger partial charge is 0.390 e. The number of hydrogen-bond acceptors (Lipinski definition) is 3. The minimum absolute atomic E-state index is 0.179. The van der Waals surface area contributed by atoms with Crippen LogP contribution in [-0.2, 0) is 0 Å². The van der Waals surface area contributed by atoms with E-state index in [2.05, 4.69) is 0 Å². The van der Waals surface area contributed by atoms with Crippen LogP contribution in [0.5, 0.6) is 0 Å². The summed E-state index contributed by atoms with van der Waals surface area (Å²) in [5, 5.41) is 19.5. The predicted molar refractivity (Wildman–Crippen MR) is 56.6 cm³/mol. The third kappa shape index (κ3) is 2.73. The Morgan fingerprint density at radius 2 is 2.15 bits per heavy atom. The van der Waals surface area contributed by atoms with Crippen LogP contribution in [0.2, 0.25) is 0 Å². The van der Waals surface area contributed by atoms with Gasteiger partial charge in [-0.1, -0.05) is 6.08 Å². The number of rotatable bonds is 2. The van der Waals surface area contributed by atoms with Crippen LogP contribution >= 0.6 is 11.8 Å². The Morgan fingerprint density at radius 3 is 2.54 bits per heavy atom. The number of thioether (sulfide) groups is 1. The molecule has 0 aromatic rings. The van der Waals surface area contributed by atoms with Crippen molar-refractivity contribution in [2.45, 2.75) is 38.4 Å². The molecule has 2 N–H and O–H groups in total. The molecule has 1 rings (SSSR count). The van der Waals surface area contributed by atoms with E-state index in [4.69, 9.17) is 0 Å². The van der Waals surface area contributed by atoms with Gasteiger partial charge in [0.25, 0.3) is 0 Å². The van der Waals surface area contributed by atoms with E-state index in [1.54, 1.807) is 11.8 Å². The molecule has 0 heterocycles. The van der Waals surface area contributed by atoms with Crippen molar-refractivity contribution in [2.75, 3.05) is 6.26 Å². The highest BCUT2D eigenvalue weighted by Crippen LogP contribution is 2.35. The van der Waals surface area contributed by atoms with E-state index in [1.165, 1.54) is 0 Å². The summed E-state index contributed by atoms with van der Waals surface area (Å²) in [7, 11) is 0. The molecule has 0 saturated heterocycles. The van der Waals surface area contributed by atoms with Crippen LogP contribution in [0.15, 0.2) is 11.0 Å². The van der Waals surface area contributed by atoms with Crippen LogP contribution in [-0.4, -0.2) is 28.2 Å². The lowest BCUT2D eigenvalue weighted by atomic mass is 9.81. The Hall–Kier alpha value is 0.01000. The van der Waals surface area contributed by atoms with Crippen LogP contribution in [0.25, 0.3) is 0 Å². The molecule has 0 saturated carbocycles. The average Bonchev–Trinajstić information content (AvgIpc) is 2.02. The fourth-order valence-corrected chi connectivity index (χ4v) is 2.30. The fraction of sp³-hybridized carbons (Fsp3) is 0.800. The number of aliphatic hydroxyl groups is 2. The first-order valence-corrected chi connectivity index (χ1v) is 5.82. The van der Waals surface area contributed by atoms with Crippen molar-refractivity contribution in [3.8, 4) is 0 Å². The zero-order chi connectivity index (χ0) is 10.1. The van der Waals surface area contributed by atoms with Gasteiger partial charge in [0.1, 0.15) is 0 Å². The van der Waals surface area contributed by atoms with Crippen molar-refractivity contribution in [3.63, 3.8) is 0 Å². The standard InChI is InChI=1S/C10H18O2S/c1-10(2,12)7-4-5-9(13-3)8(11)6-7/h5,7-8,11-12H,4,6H2,1-3H3. The molecule has 0 aliphatic heterocycles. The summed E-state index contributed by atoms with van der Waals surface area (Å²) in [6, 6.07) is 0. The smallest absolute Gasteiger partial charge is 0.0848 e. The van der Waals surface area contributed by atoms with Gasteiger partial charge in [-0.2, -0.15) is 0 Å². The van der Waals surface area contributed by atoms with Crippen molar-refractivity contribution < 1.29 is 10.2 Å². The number of allylic oxidation sites excluding steroid dienone is 1. The van der Waals surface area contributed by atoms with Crippen molar-refractivity contribution in [2.24, 2.45) is 5.92 Å². The summed E-state index contributed by atoms with van der Waals surface area (Å²) < 4.78 is 0. The van der Waals surface area contributed by atoms with E-state index in [0.717, 1.165) is 11.3 Å². The quantitative estimate of drug-likeness (QED) is 0.717. The van der Waals surface area contributed by atoms with Gasteiger partial charge in [0.05, 0.1) is 11.7 Å². The van der Waals surface area contributed by atoms with Gasteiger partial charge in [-0.15, -0.1) is 11.8 Å². The van der Waals surface area contributed by atoms with E-state index >= 15 is 0 Å². The molecular formula is C10H18O2S. The van der Waals surface area contributed by atoms with Crippen LogP contribution < -0.4 is 0 Å². The molecule has 0 amide bonds. The molecule has 0 bridgehead atoms. The summed E-state index contributed by atoms with van der Waals surface area (Å²) in [4.78, 5) is 1.04. The maximum Gasteiger partial charge on any atom is 0.0848 e.